The summed E-state index contributed by atoms with van der Waals surface area (Å²) in [6, 6.07) is 8.05. The van der Waals surface area contributed by atoms with Crippen LogP contribution in [0.3, 0.4) is 0 Å². The number of carbonyl (C=O) groups is 2. The van der Waals surface area contributed by atoms with Crippen LogP contribution in [0.1, 0.15) is 22.8 Å². The Labute approximate surface area is 181 Å². The second-order valence-electron chi connectivity index (χ2n) is 7.26. The van der Waals surface area contributed by atoms with E-state index in [1.54, 1.807) is 29.2 Å². The number of nitrogens with zero attached hydrogens (tertiary/aromatic N) is 2. The van der Waals surface area contributed by atoms with E-state index in [1.165, 1.54) is 34.3 Å². The molecular formula is C23H27FN2O5. The van der Waals surface area contributed by atoms with Crippen LogP contribution >= 0.6 is 0 Å². The summed E-state index contributed by atoms with van der Waals surface area (Å²) < 4.78 is 30.6. The van der Waals surface area contributed by atoms with E-state index >= 15 is 0 Å². The first-order valence-electron chi connectivity index (χ1n) is 10.0. The first-order chi connectivity index (χ1) is 14.9. The predicted molar refractivity (Wildman–Crippen MR) is 115 cm³/mol. The molecule has 1 aliphatic heterocycles. The Morgan fingerprint density at radius 3 is 2.16 bits per heavy atom. The van der Waals surface area contributed by atoms with E-state index in [0.717, 1.165) is 0 Å². The minimum Gasteiger partial charge on any atom is -0.493 e. The fraction of sp³-hybridized carbons (Fsp3) is 0.391. The Morgan fingerprint density at radius 1 is 0.935 bits per heavy atom. The molecule has 0 radical (unpaired) electrons. The second kappa shape index (κ2) is 9.68. The number of ether oxygens (including phenoxy) is 3. The number of anilines is 1. The van der Waals surface area contributed by atoms with Crippen molar-refractivity contribution < 1.29 is 28.2 Å². The minimum atomic E-state index is -0.428. The lowest BCUT2D eigenvalue weighted by Crippen LogP contribution is -2.49. The van der Waals surface area contributed by atoms with Gasteiger partial charge in [0, 0.05) is 37.3 Å². The summed E-state index contributed by atoms with van der Waals surface area (Å²) in [6.45, 7) is 3.37. The summed E-state index contributed by atoms with van der Waals surface area (Å²) in [5, 5.41) is 0. The van der Waals surface area contributed by atoms with E-state index in [2.05, 4.69) is 0 Å². The quantitative estimate of drug-likeness (QED) is 0.630. The molecule has 7 nitrogen and oxygen atoms in total. The molecule has 31 heavy (non-hydrogen) atoms. The van der Waals surface area contributed by atoms with E-state index in [1.807, 2.05) is 4.90 Å². The lowest BCUT2D eigenvalue weighted by Gasteiger charge is -2.36. The van der Waals surface area contributed by atoms with Gasteiger partial charge in [-0.25, -0.2) is 4.39 Å². The highest BCUT2D eigenvalue weighted by Crippen LogP contribution is 2.40. The molecule has 0 unspecified atom stereocenters. The molecule has 0 N–H and O–H groups in total. The Bertz CT molecular complexity index is 971. The number of rotatable bonds is 7. The molecule has 1 fully saturated rings. The largest absolute Gasteiger partial charge is 0.493 e. The Kier molecular flexibility index (Phi) is 6.99. The van der Waals surface area contributed by atoms with Crippen LogP contribution < -0.4 is 19.1 Å². The zero-order valence-electron chi connectivity index (χ0n) is 18.2. The van der Waals surface area contributed by atoms with Gasteiger partial charge in [0.1, 0.15) is 5.82 Å². The van der Waals surface area contributed by atoms with Crippen LogP contribution in [0, 0.1) is 5.82 Å². The van der Waals surface area contributed by atoms with Crippen molar-refractivity contribution in [2.75, 3.05) is 52.4 Å². The van der Waals surface area contributed by atoms with Crippen molar-refractivity contribution in [2.45, 2.75) is 13.3 Å². The maximum atomic E-state index is 14.4. The summed E-state index contributed by atoms with van der Waals surface area (Å²) in [5.41, 5.74) is 1.50. The highest BCUT2D eigenvalue weighted by Gasteiger charge is 2.25. The highest BCUT2D eigenvalue weighted by molar-refractivity contribution is 5.94. The van der Waals surface area contributed by atoms with Crippen LogP contribution in [0.2, 0.25) is 0 Å². The molecule has 8 heteroatoms. The van der Waals surface area contributed by atoms with Crippen molar-refractivity contribution in [1.82, 2.24) is 4.90 Å². The molecule has 2 aromatic rings. The zero-order valence-corrected chi connectivity index (χ0v) is 18.2. The van der Waals surface area contributed by atoms with Crippen molar-refractivity contribution >= 4 is 17.4 Å². The van der Waals surface area contributed by atoms with Gasteiger partial charge in [0.15, 0.2) is 17.3 Å². The van der Waals surface area contributed by atoms with Gasteiger partial charge in [0.25, 0.3) is 0 Å². The minimum absolute atomic E-state index is 0.0439. The van der Waals surface area contributed by atoms with Crippen molar-refractivity contribution in [1.29, 1.82) is 0 Å². The molecule has 0 spiro atoms. The number of hydrogen-bond acceptors (Lipinski definition) is 6. The summed E-state index contributed by atoms with van der Waals surface area (Å²) in [7, 11) is 4.58. The lowest BCUT2D eigenvalue weighted by molar-refractivity contribution is -0.130. The molecule has 0 atom stereocenters. The van der Waals surface area contributed by atoms with Gasteiger partial charge in [-0.05, 0) is 31.2 Å². The van der Waals surface area contributed by atoms with E-state index in [-0.39, 0.29) is 18.1 Å². The fourth-order valence-electron chi connectivity index (χ4n) is 3.76. The van der Waals surface area contributed by atoms with Crippen molar-refractivity contribution in [3.8, 4) is 17.2 Å². The maximum absolute atomic E-state index is 14.4. The molecule has 1 aliphatic rings. The van der Waals surface area contributed by atoms with Gasteiger partial charge >= 0.3 is 0 Å². The molecule has 0 bridgehead atoms. The van der Waals surface area contributed by atoms with Crippen molar-refractivity contribution in [3.63, 3.8) is 0 Å². The number of halogens is 1. The average molecular weight is 430 g/mol. The molecule has 3 rings (SSSR count). The number of hydrogen-bond donors (Lipinski definition) is 0. The third kappa shape index (κ3) is 4.73. The Morgan fingerprint density at radius 2 is 1.61 bits per heavy atom. The number of amides is 1. The van der Waals surface area contributed by atoms with Crippen LogP contribution in [0.15, 0.2) is 30.3 Å². The number of benzene rings is 2. The average Bonchev–Trinajstić information content (AvgIpc) is 2.78. The van der Waals surface area contributed by atoms with Gasteiger partial charge in [0.2, 0.25) is 11.7 Å². The third-order valence-corrected chi connectivity index (χ3v) is 5.45. The van der Waals surface area contributed by atoms with Gasteiger partial charge in [0.05, 0.1) is 33.4 Å². The fourth-order valence-corrected chi connectivity index (χ4v) is 3.76. The predicted octanol–water partition coefficient (Wildman–Crippen LogP) is 2.95. The maximum Gasteiger partial charge on any atom is 0.227 e. The molecular weight excluding hydrogens is 403 g/mol. The molecule has 0 aliphatic carbocycles. The molecule has 2 aromatic carbocycles. The first-order valence-corrected chi connectivity index (χ1v) is 10.0. The SMILES string of the molecule is COc1ccc(CC(=O)N2CCN(c3ccc(C(C)=O)cc3F)CC2)c(OC)c1OC. The van der Waals surface area contributed by atoms with Gasteiger partial charge < -0.3 is 24.0 Å². The third-order valence-electron chi connectivity index (χ3n) is 5.45. The first kappa shape index (κ1) is 22.4. The number of ketones is 1. The van der Waals surface area contributed by atoms with Crippen LogP contribution in [0.25, 0.3) is 0 Å². The van der Waals surface area contributed by atoms with E-state index in [9.17, 15) is 14.0 Å². The van der Waals surface area contributed by atoms with Crippen LogP contribution in [0.4, 0.5) is 10.1 Å². The van der Waals surface area contributed by atoms with E-state index in [0.29, 0.717) is 60.2 Å². The standard InChI is InChI=1S/C23H27FN2O5/c1-15(27)16-5-7-19(18(24)13-16)25-9-11-26(12-10-25)21(28)14-17-6-8-20(29-2)23(31-4)22(17)30-3/h5-8,13H,9-12,14H2,1-4H3. The second-order valence-corrected chi connectivity index (χ2v) is 7.26. The zero-order chi connectivity index (χ0) is 22.5. The van der Waals surface area contributed by atoms with Gasteiger partial charge in [-0.2, -0.15) is 0 Å². The van der Waals surface area contributed by atoms with Crippen LogP contribution in [-0.2, 0) is 11.2 Å². The molecule has 166 valence electrons. The van der Waals surface area contributed by atoms with Crippen molar-refractivity contribution in [2.24, 2.45) is 0 Å². The Hall–Kier alpha value is -3.29. The molecule has 1 amide bonds. The smallest absolute Gasteiger partial charge is 0.227 e. The molecule has 1 heterocycles. The number of piperazine rings is 1. The summed E-state index contributed by atoms with van der Waals surface area (Å²) in [6.07, 6.45) is 0.158. The normalized spacial score (nSPS) is 13.7. The van der Waals surface area contributed by atoms with Crippen molar-refractivity contribution in [3.05, 3.63) is 47.3 Å². The highest BCUT2D eigenvalue weighted by atomic mass is 19.1. The topological polar surface area (TPSA) is 68.3 Å². The van der Waals surface area contributed by atoms with Crippen LogP contribution in [0.5, 0.6) is 17.2 Å². The number of carbonyl (C=O) groups excluding carboxylic acids is 2. The van der Waals surface area contributed by atoms with Gasteiger partial charge in [-0.3, -0.25) is 9.59 Å². The summed E-state index contributed by atoms with van der Waals surface area (Å²) in [4.78, 5) is 28.0. The van der Waals surface area contributed by atoms with Crippen LogP contribution in [-0.4, -0.2) is 64.1 Å². The Balaban J connectivity index is 1.67. The molecule has 0 aromatic heterocycles. The van der Waals surface area contributed by atoms with Gasteiger partial charge in [-0.15, -0.1) is 0 Å². The van der Waals surface area contributed by atoms with E-state index < -0.39 is 5.82 Å². The molecule has 1 saturated heterocycles. The molecule has 0 saturated carbocycles. The number of Topliss-reactive ketones (excluding diaryl/α,β-unsaturated/α-hetero) is 1. The summed E-state index contributed by atoms with van der Waals surface area (Å²) in [5.74, 6) is 0.805. The monoisotopic (exact) mass is 430 g/mol. The van der Waals surface area contributed by atoms with E-state index in [4.69, 9.17) is 14.2 Å². The van der Waals surface area contributed by atoms with Gasteiger partial charge in [-0.1, -0.05) is 6.07 Å². The lowest BCUT2D eigenvalue weighted by atomic mass is 10.1. The number of methoxy groups -OCH3 is 3. The summed E-state index contributed by atoms with van der Waals surface area (Å²) >= 11 is 0.